The van der Waals surface area contributed by atoms with Gasteiger partial charge in [0.25, 0.3) is 0 Å². The Morgan fingerprint density at radius 2 is 1.76 bits per heavy atom. The van der Waals surface area contributed by atoms with Crippen LogP contribution >= 0.6 is 0 Å². The molecule has 0 spiro atoms. The number of phenolic OH excluding ortho intramolecular Hbond substituents is 1. The van der Waals surface area contributed by atoms with Crippen molar-refractivity contribution in [1.29, 1.82) is 0 Å². The number of nitrogens with zero attached hydrogens (tertiary/aromatic N) is 1. The van der Waals surface area contributed by atoms with E-state index in [1.165, 1.54) is 19.2 Å². The summed E-state index contributed by atoms with van der Waals surface area (Å²) in [5, 5.41) is 11.9. The predicted octanol–water partition coefficient (Wildman–Crippen LogP) is 2.19. The molecule has 1 aromatic heterocycles. The van der Waals surface area contributed by atoms with E-state index < -0.39 is 17.6 Å². The standard InChI is InChI=1S/C18H20N2O5/c1-18(16(22)24-2,11-13-3-5-15(21)6-4-13)20-17(23)25-12-14-7-9-19-10-8-14/h3-10,21H,11-12H2,1-2H3,(H,20,23)/t18-/m0/s1. The number of amides is 1. The lowest BCUT2D eigenvalue weighted by atomic mass is 9.93. The number of rotatable bonds is 6. The van der Waals surface area contributed by atoms with Gasteiger partial charge in [0.05, 0.1) is 7.11 Å². The van der Waals surface area contributed by atoms with Crippen molar-refractivity contribution in [2.24, 2.45) is 0 Å². The molecule has 0 fully saturated rings. The number of nitrogens with one attached hydrogen (secondary N) is 1. The number of hydrogen-bond donors (Lipinski definition) is 2. The van der Waals surface area contributed by atoms with Crippen LogP contribution in [0.15, 0.2) is 48.8 Å². The zero-order chi connectivity index (χ0) is 18.3. The Balaban J connectivity index is 2.04. The number of carbonyl (C=O) groups is 2. The van der Waals surface area contributed by atoms with Crippen LogP contribution in [0.1, 0.15) is 18.1 Å². The lowest BCUT2D eigenvalue weighted by Gasteiger charge is -2.27. The highest BCUT2D eigenvalue weighted by atomic mass is 16.6. The van der Waals surface area contributed by atoms with E-state index in [2.05, 4.69) is 10.3 Å². The SMILES string of the molecule is COC(=O)[C@](C)(Cc1ccc(O)cc1)NC(=O)OCc1ccncc1. The van der Waals surface area contributed by atoms with Crippen molar-refractivity contribution < 1.29 is 24.2 Å². The topological polar surface area (TPSA) is 97.8 Å². The van der Waals surface area contributed by atoms with Crippen molar-refractivity contribution >= 4 is 12.1 Å². The second-order valence-electron chi connectivity index (χ2n) is 5.72. The first-order valence-corrected chi connectivity index (χ1v) is 7.63. The fraction of sp³-hybridized carbons (Fsp3) is 0.278. The summed E-state index contributed by atoms with van der Waals surface area (Å²) in [6, 6.07) is 9.80. The molecule has 0 aliphatic carbocycles. The third-order valence-corrected chi connectivity index (χ3v) is 3.63. The molecule has 0 radical (unpaired) electrons. The van der Waals surface area contributed by atoms with E-state index in [-0.39, 0.29) is 18.8 Å². The number of aromatic hydroxyl groups is 1. The number of methoxy groups -OCH3 is 1. The van der Waals surface area contributed by atoms with E-state index in [4.69, 9.17) is 9.47 Å². The molecule has 0 bridgehead atoms. The van der Waals surface area contributed by atoms with Crippen LogP contribution in [-0.4, -0.2) is 34.8 Å². The predicted molar refractivity (Wildman–Crippen MR) is 89.8 cm³/mol. The fourth-order valence-electron chi connectivity index (χ4n) is 2.30. The number of ether oxygens (including phenoxy) is 2. The summed E-state index contributed by atoms with van der Waals surface area (Å²) < 4.78 is 9.96. The quantitative estimate of drug-likeness (QED) is 0.780. The molecule has 2 aromatic rings. The molecule has 0 saturated carbocycles. The van der Waals surface area contributed by atoms with E-state index in [1.54, 1.807) is 43.6 Å². The molecule has 0 saturated heterocycles. The molecular weight excluding hydrogens is 324 g/mol. The minimum atomic E-state index is -1.30. The first-order valence-electron chi connectivity index (χ1n) is 7.63. The average Bonchev–Trinajstić information content (AvgIpc) is 2.62. The van der Waals surface area contributed by atoms with Crippen LogP contribution in [0.2, 0.25) is 0 Å². The molecule has 25 heavy (non-hydrogen) atoms. The summed E-state index contributed by atoms with van der Waals surface area (Å²) in [5.41, 5.74) is 0.227. The van der Waals surface area contributed by atoms with Gasteiger partial charge in [0.1, 0.15) is 17.9 Å². The van der Waals surface area contributed by atoms with Crippen molar-refractivity contribution in [3.8, 4) is 5.75 Å². The van der Waals surface area contributed by atoms with Gasteiger partial charge in [-0.25, -0.2) is 9.59 Å². The minimum Gasteiger partial charge on any atom is -0.508 e. The normalized spacial score (nSPS) is 12.7. The Hall–Kier alpha value is -3.09. The molecule has 1 aromatic carbocycles. The number of esters is 1. The second kappa shape index (κ2) is 8.14. The molecule has 0 aliphatic rings. The second-order valence-corrected chi connectivity index (χ2v) is 5.72. The first-order chi connectivity index (χ1) is 11.9. The van der Waals surface area contributed by atoms with E-state index >= 15 is 0 Å². The monoisotopic (exact) mass is 344 g/mol. The average molecular weight is 344 g/mol. The van der Waals surface area contributed by atoms with Gasteiger partial charge in [0.2, 0.25) is 0 Å². The van der Waals surface area contributed by atoms with E-state index in [1.807, 2.05) is 0 Å². The molecule has 7 nitrogen and oxygen atoms in total. The zero-order valence-corrected chi connectivity index (χ0v) is 14.1. The van der Waals surface area contributed by atoms with E-state index in [0.29, 0.717) is 0 Å². The molecule has 0 unspecified atom stereocenters. The lowest BCUT2D eigenvalue weighted by Crippen LogP contribution is -2.54. The summed E-state index contributed by atoms with van der Waals surface area (Å²) in [5.74, 6) is -0.477. The zero-order valence-electron chi connectivity index (χ0n) is 14.1. The number of hydrogen-bond acceptors (Lipinski definition) is 6. The van der Waals surface area contributed by atoms with Gasteiger partial charge in [0, 0.05) is 18.8 Å². The highest BCUT2D eigenvalue weighted by Gasteiger charge is 2.37. The van der Waals surface area contributed by atoms with Crippen LogP contribution in [0.25, 0.3) is 0 Å². The number of carbonyl (C=O) groups excluding carboxylic acids is 2. The molecule has 7 heteroatoms. The Labute approximate surface area is 145 Å². The summed E-state index contributed by atoms with van der Waals surface area (Å²) in [6.07, 6.45) is 2.65. The Kier molecular flexibility index (Phi) is 5.94. The third kappa shape index (κ3) is 5.20. The molecule has 1 heterocycles. The molecule has 1 atom stereocenters. The first kappa shape index (κ1) is 18.3. The van der Waals surface area contributed by atoms with Gasteiger partial charge in [-0.1, -0.05) is 12.1 Å². The van der Waals surface area contributed by atoms with Crippen LogP contribution < -0.4 is 5.32 Å². The van der Waals surface area contributed by atoms with E-state index in [0.717, 1.165) is 11.1 Å². The maximum Gasteiger partial charge on any atom is 0.408 e. The van der Waals surface area contributed by atoms with Crippen LogP contribution in [-0.2, 0) is 27.3 Å². The van der Waals surface area contributed by atoms with Gasteiger partial charge < -0.3 is 19.9 Å². The van der Waals surface area contributed by atoms with Crippen molar-refractivity contribution in [3.63, 3.8) is 0 Å². The number of aromatic nitrogens is 1. The van der Waals surface area contributed by atoms with Crippen LogP contribution in [0.3, 0.4) is 0 Å². The summed E-state index contributed by atoms with van der Waals surface area (Å²) in [4.78, 5) is 28.1. The van der Waals surface area contributed by atoms with Crippen molar-refractivity contribution in [1.82, 2.24) is 10.3 Å². The van der Waals surface area contributed by atoms with Crippen molar-refractivity contribution in [3.05, 3.63) is 59.9 Å². The van der Waals surface area contributed by atoms with E-state index in [9.17, 15) is 14.7 Å². The fourth-order valence-corrected chi connectivity index (χ4v) is 2.30. The van der Waals surface area contributed by atoms with Gasteiger partial charge >= 0.3 is 12.1 Å². The summed E-state index contributed by atoms with van der Waals surface area (Å²) >= 11 is 0. The lowest BCUT2D eigenvalue weighted by molar-refractivity contribution is -0.147. The Morgan fingerprint density at radius 1 is 1.12 bits per heavy atom. The van der Waals surface area contributed by atoms with Crippen LogP contribution in [0.4, 0.5) is 4.79 Å². The molecule has 132 valence electrons. The van der Waals surface area contributed by atoms with Gasteiger partial charge in [0.15, 0.2) is 0 Å². The van der Waals surface area contributed by atoms with Crippen molar-refractivity contribution in [2.75, 3.05) is 7.11 Å². The van der Waals surface area contributed by atoms with Crippen molar-refractivity contribution in [2.45, 2.75) is 25.5 Å². The number of benzene rings is 1. The maximum absolute atomic E-state index is 12.2. The number of pyridine rings is 1. The molecule has 0 aliphatic heterocycles. The molecule has 2 N–H and O–H groups in total. The number of phenols is 1. The van der Waals surface area contributed by atoms with Crippen LogP contribution in [0, 0.1) is 0 Å². The van der Waals surface area contributed by atoms with Gasteiger partial charge in [-0.05, 0) is 42.3 Å². The molecule has 2 rings (SSSR count). The maximum atomic E-state index is 12.2. The smallest absolute Gasteiger partial charge is 0.408 e. The molecular formula is C18H20N2O5. The highest BCUT2D eigenvalue weighted by molar-refractivity contribution is 5.85. The Morgan fingerprint density at radius 3 is 2.36 bits per heavy atom. The van der Waals surface area contributed by atoms with Gasteiger partial charge in [-0.3, -0.25) is 4.98 Å². The largest absolute Gasteiger partial charge is 0.508 e. The third-order valence-electron chi connectivity index (χ3n) is 3.63. The molecule has 1 amide bonds. The number of alkyl carbamates (subject to hydrolysis) is 1. The Bertz CT molecular complexity index is 718. The highest BCUT2D eigenvalue weighted by Crippen LogP contribution is 2.18. The minimum absolute atomic E-state index is 0.0603. The van der Waals surface area contributed by atoms with Gasteiger partial charge in [-0.15, -0.1) is 0 Å². The summed E-state index contributed by atoms with van der Waals surface area (Å²) in [7, 11) is 1.25. The summed E-state index contributed by atoms with van der Waals surface area (Å²) in [6.45, 7) is 1.62. The van der Waals surface area contributed by atoms with Crippen LogP contribution in [0.5, 0.6) is 5.75 Å². The van der Waals surface area contributed by atoms with Gasteiger partial charge in [-0.2, -0.15) is 0 Å².